The van der Waals surface area contributed by atoms with Crippen molar-refractivity contribution in [3.8, 4) is 0 Å². The van der Waals surface area contributed by atoms with Gasteiger partial charge >= 0.3 is 0 Å². The number of nitrogens with one attached hydrogen (secondary N) is 1. The zero-order chi connectivity index (χ0) is 24.2. The first kappa shape index (κ1) is 23.8. The lowest BCUT2D eigenvalue weighted by atomic mass is 10.2. The SMILES string of the molecule is O=C(N/N=C\c1ccco1)[C@H]1CN(S(=O)(=O)c2ccccc2)CCN1S(=O)(=O)c1ccccc1. The molecule has 12 heteroatoms. The van der Waals surface area contributed by atoms with E-state index in [1.807, 2.05) is 0 Å². The first-order chi connectivity index (χ1) is 16.3. The molecule has 1 aliphatic rings. The predicted octanol–water partition coefficient (Wildman–Crippen LogP) is 1.49. The molecule has 1 aromatic heterocycles. The van der Waals surface area contributed by atoms with E-state index in [0.29, 0.717) is 5.76 Å². The highest BCUT2D eigenvalue weighted by Crippen LogP contribution is 2.25. The fourth-order valence-electron chi connectivity index (χ4n) is 3.53. The van der Waals surface area contributed by atoms with Crippen molar-refractivity contribution in [2.75, 3.05) is 19.6 Å². The minimum absolute atomic E-state index is 0.00579. The van der Waals surface area contributed by atoms with E-state index in [-0.39, 0.29) is 29.4 Å². The molecule has 2 heterocycles. The maximum atomic E-state index is 13.3. The van der Waals surface area contributed by atoms with Crippen LogP contribution in [0.3, 0.4) is 0 Å². The van der Waals surface area contributed by atoms with Crippen LogP contribution in [0, 0.1) is 0 Å². The van der Waals surface area contributed by atoms with Crippen LogP contribution in [0.2, 0.25) is 0 Å². The van der Waals surface area contributed by atoms with Crippen LogP contribution < -0.4 is 5.43 Å². The molecule has 1 amide bonds. The van der Waals surface area contributed by atoms with Crippen molar-refractivity contribution in [1.29, 1.82) is 0 Å². The van der Waals surface area contributed by atoms with Gasteiger partial charge in [0.1, 0.15) is 11.8 Å². The number of carbonyl (C=O) groups is 1. The van der Waals surface area contributed by atoms with Crippen LogP contribution in [0.4, 0.5) is 0 Å². The highest BCUT2D eigenvalue weighted by atomic mass is 32.2. The lowest BCUT2D eigenvalue weighted by Crippen LogP contribution is -2.60. The summed E-state index contributed by atoms with van der Waals surface area (Å²) in [6.45, 7) is -0.683. The summed E-state index contributed by atoms with van der Waals surface area (Å²) < 4.78 is 60.1. The van der Waals surface area contributed by atoms with Gasteiger partial charge in [0.15, 0.2) is 0 Å². The molecular weight excluding hydrogens is 480 g/mol. The zero-order valence-electron chi connectivity index (χ0n) is 17.9. The van der Waals surface area contributed by atoms with Crippen molar-refractivity contribution in [2.24, 2.45) is 5.10 Å². The van der Waals surface area contributed by atoms with E-state index in [1.54, 1.807) is 48.5 Å². The fourth-order valence-corrected chi connectivity index (χ4v) is 6.58. The number of rotatable bonds is 7. The number of piperazine rings is 1. The molecule has 1 fully saturated rings. The smallest absolute Gasteiger partial charge is 0.259 e. The normalized spacial score (nSPS) is 18.2. The summed E-state index contributed by atoms with van der Waals surface area (Å²) in [6, 6.07) is 17.4. The van der Waals surface area contributed by atoms with Gasteiger partial charge in [-0.15, -0.1) is 0 Å². The van der Waals surface area contributed by atoms with Gasteiger partial charge in [-0.2, -0.15) is 13.7 Å². The predicted molar refractivity (Wildman–Crippen MR) is 124 cm³/mol. The molecular formula is C22H22N4O6S2. The summed E-state index contributed by atoms with van der Waals surface area (Å²) in [5.41, 5.74) is 2.30. The molecule has 3 aromatic rings. The first-order valence-corrected chi connectivity index (χ1v) is 13.2. The summed E-state index contributed by atoms with van der Waals surface area (Å²) in [6.07, 6.45) is 2.69. The Kier molecular flexibility index (Phi) is 6.93. The molecule has 1 N–H and O–H groups in total. The van der Waals surface area contributed by atoms with E-state index >= 15 is 0 Å². The van der Waals surface area contributed by atoms with E-state index in [1.165, 1.54) is 36.7 Å². The number of amides is 1. The molecule has 2 aromatic carbocycles. The summed E-state index contributed by atoms with van der Waals surface area (Å²) in [5, 5.41) is 3.82. The Labute approximate surface area is 197 Å². The van der Waals surface area contributed by atoms with Crippen LogP contribution in [-0.2, 0) is 24.8 Å². The molecule has 1 aliphatic heterocycles. The molecule has 178 valence electrons. The van der Waals surface area contributed by atoms with E-state index in [0.717, 1.165) is 8.61 Å². The number of benzene rings is 2. The van der Waals surface area contributed by atoms with Crippen molar-refractivity contribution in [2.45, 2.75) is 15.8 Å². The van der Waals surface area contributed by atoms with Crippen LogP contribution in [0.1, 0.15) is 5.76 Å². The Morgan fingerprint density at radius 1 is 0.882 bits per heavy atom. The van der Waals surface area contributed by atoms with E-state index in [9.17, 15) is 21.6 Å². The minimum Gasteiger partial charge on any atom is -0.463 e. The largest absolute Gasteiger partial charge is 0.463 e. The van der Waals surface area contributed by atoms with E-state index < -0.39 is 32.0 Å². The average Bonchev–Trinajstić information content (AvgIpc) is 3.38. The molecule has 1 atom stereocenters. The highest BCUT2D eigenvalue weighted by Gasteiger charge is 2.43. The van der Waals surface area contributed by atoms with Gasteiger partial charge in [-0.3, -0.25) is 4.79 Å². The summed E-state index contributed by atoms with van der Waals surface area (Å²) >= 11 is 0. The number of carbonyl (C=O) groups excluding carboxylic acids is 1. The third-order valence-corrected chi connectivity index (χ3v) is 9.04. The number of hydrazone groups is 1. The maximum Gasteiger partial charge on any atom is 0.259 e. The molecule has 4 rings (SSSR count). The minimum atomic E-state index is -4.08. The van der Waals surface area contributed by atoms with Gasteiger partial charge < -0.3 is 4.42 Å². The number of hydrogen-bond acceptors (Lipinski definition) is 7. The van der Waals surface area contributed by atoms with Gasteiger partial charge in [-0.05, 0) is 36.4 Å². The molecule has 0 radical (unpaired) electrons. The zero-order valence-corrected chi connectivity index (χ0v) is 19.5. The highest BCUT2D eigenvalue weighted by molar-refractivity contribution is 7.89. The number of nitrogens with zero attached hydrogens (tertiary/aromatic N) is 3. The standard InChI is InChI=1S/C22H22N4O6S2/c27-22(24-23-16-18-8-7-15-32-18)21-17-25(33(28,29)19-9-3-1-4-10-19)13-14-26(21)34(30,31)20-11-5-2-6-12-20/h1-12,15-16,21H,13-14,17H2,(H,24,27)/b23-16-/t21-/m1/s1. The summed E-state index contributed by atoms with van der Waals surface area (Å²) in [7, 11) is -8.02. The third-order valence-electron chi connectivity index (χ3n) is 5.24. The fraction of sp³-hybridized carbons (Fsp3) is 0.182. The van der Waals surface area contributed by atoms with Crippen LogP contribution >= 0.6 is 0 Å². The Morgan fingerprint density at radius 2 is 1.50 bits per heavy atom. The van der Waals surface area contributed by atoms with Crippen LogP contribution in [0.5, 0.6) is 0 Å². The molecule has 0 aliphatic carbocycles. The van der Waals surface area contributed by atoms with Gasteiger partial charge in [0.05, 0.1) is 22.3 Å². The van der Waals surface area contributed by atoms with Crippen molar-refractivity contribution in [3.63, 3.8) is 0 Å². The lowest BCUT2D eigenvalue weighted by molar-refractivity contribution is -0.125. The summed E-state index contributed by atoms with van der Waals surface area (Å²) in [5.74, 6) is -0.388. The molecule has 34 heavy (non-hydrogen) atoms. The molecule has 1 saturated heterocycles. The Balaban J connectivity index is 1.63. The van der Waals surface area contributed by atoms with Gasteiger partial charge in [-0.1, -0.05) is 36.4 Å². The van der Waals surface area contributed by atoms with Gasteiger partial charge in [0, 0.05) is 19.6 Å². The van der Waals surface area contributed by atoms with Gasteiger partial charge in [0.25, 0.3) is 5.91 Å². The van der Waals surface area contributed by atoms with Crippen molar-refractivity contribution < 1.29 is 26.0 Å². The maximum absolute atomic E-state index is 13.3. The second kappa shape index (κ2) is 9.89. The molecule has 10 nitrogen and oxygen atoms in total. The van der Waals surface area contributed by atoms with E-state index in [4.69, 9.17) is 4.42 Å². The Hall–Kier alpha value is -3.32. The van der Waals surface area contributed by atoms with Gasteiger partial charge in [-0.25, -0.2) is 22.3 Å². The van der Waals surface area contributed by atoms with Crippen molar-refractivity contribution in [1.82, 2.24) is 14.0 Å². The Bertz CT molecular complexity index is 1360. The number of hydrogen-bond donors (Lipinski definition) is 1. The second-order valence-electron chi connectivity index (χ2n) is 7.37. The third kappa shape index (κ3) is 4.94. The number of furan rings is 1. The lowest BCUT2D eigenvalue weighted by Gasteiger charge is -2.38. The van der Waals surface area contributed by atoms with Crippen LogP contribution in [0.15, 0.2) is 98.4 Å². The van der Waals surface area contributed by atoms with Crippen LogP contribution in [0.25, 0.3) is 0 Å². The molecule has 0 saturated carbocycles. The monoisotopic (exact) mass is 502 g/mol. The first-order valence-electron chi connectivity index (χ1n) is 10.3. The summed E-state index contributed by atoms with van der Waals surface area (Å²) in [4.78, 5) is 13.1. The quantitative estimate of drug-likeness (QED) is 0.385. The van der Waals surface area contributed by atoms with Crippen molar-refractivity contribution >= 4 is 32.2 Å². The van der Waals surface area contributed by atoms with Gasteiger partial charge in [0.2, 0.25) is 20.0 Å². The van der Waals surface area contributed by atoms with E-state index in [2.05, 4.69) is 10.5 Å². The van der Waals surface area contributed by atoms with Crippen molar-refractivity contribution in [3.05, 3.63) is 84.8 Å². The molecule has 0 unspecified atom stereocenters. The second-order valence-corrected chi connectivity index (χ2v) is 11.2. The average molecular weight is 503 g/mol. The topological polar surface area (TPSA) is 129 Å². The molecule has 0 bridgehead atoms. The van der Waals surface area contributed by atoms with Crippen LogP contribution in [-0.4, -0.2) is 63.2 Å². The number of sulfonamides is 2. The Morgan fingerprint density at radius 3 is 2.09 bits per heavy atom. The molecule has 0 spiro atoms.